The summed E-state index contributed by atoms with van der Waals surface area (Å²) in [4.78, 5) is 0. The lowest BCUT2D eigenvalue weighted by Crippen LogP contribution is -3.00. The Bertz CT molecular complexity index is 10.8. The largest absolute Gasteiger partial charge is 1.00 e. The van der Waals surface area contributed by atoms with Gasteiger partial charge in [-0.05, 0) is 6.16 Å². The first-order chi connectivity index (χ1) is 1.91. The number of hydrogen-bond acceptors (Lipinski definition) is 0. The van der Waals surface area contributed by atoms with Crippen molar-refractivity contribution in [1.29, 1.82) is 0 Å². The third-order valence-corrected chi connectivity index (χ3v) is 0.866. The molecule has 0 N–H and O–H groups in total. The number of hydrogen-bond donors (Lipinski definition) is 0. The minimum absolute atomic E-state index is 0. The fraction of sp³-hybridized carbons (Fsp3) is 1.00. The summed E-state index contributed by atoms with van der Waals surface area (Å²) in [5.74, 6) is 0. The highest BCUT2D eigenvalue weighted by molar-refractivity contribution is 7.16. The van der Waals surface area contributed by atoms with Gasteiger partial charge in [0.2, 0.25) is 0 Å². The molecule has 0 saturated heterocycles. The van der Waals surface area contributed by atoms with Crippen LogP contribution in [0.2, 0.25) is 0 Å². The molecule has 0 aromatic heterocycles. The lowest BCUT2D eigenvalue weighted by Gasteiger charge is -1.68. The maximum absolute atomic E-state index is 2.66. The molecule has 0 aliphatic heterocycles. The van der Waals surface area contributed by atoms with Crippen LogP contribution in [0.3, 0.4) is 0 Å². The normalized spacial score (nSPS) is 5.00. The third-order valence-electron chi connectivity index (χ3n) is 0.289. The van der Waals surface area contributed by atoms with Gasteiger partial charge in [-0.1, -0.05) is 13.3 Å². The van der Waals surface area contributed by atoms with E-state index in [0.29, 0.717) is 0 Å². The molecular formula is C3H9Br2P-2. The van der Waals surface area contributed by atoms with Crippen LogP contribution in [0.5, 0.6) is 0 Å². The van der Waals surface area contributed by atoms with E-state index in [0.717, 1.165) is 0 Å². The van der Waals surface area contributed by atoms with Gasteiger partial charge in [-0.3, -0.25) is 0 Å². The molecule has 0 nitrogen and oxygen atoms in total. The van der Waals surface area contributed by atoms with Crippen molar-refractivity contribution in [3.8, 4) is 0 Å². The lowest BCUT2D eigenvalue weighted by molar-refractivity contribution is -0.00100. The van der Waals surface area contributed by atoms with Gasteiger partial charge >= 0.3 is 0 Å². The van der Waals surface area contributed by atoms with Crippen LogP contribution in [0.15, 0.2) is 0 Å². The van der Waals surface area contributed by atoms with Crippen LogP contribution >= 0.6 is 9.24 Å². The van der Waals surface area contributed by atoms with Crippen molar-refractivity contribution in [1.82, 2.24) is 0 Å². The first kappa shape index (κ1) is 15.7. The van der Waals surface area contributed by atoms with E-state index in [1.54, 1.807) is 0 Å². The van der Waals surface area contributed by atoms with Gasteiger partial charge in [0.05, 0.1) is 0 Å². The number of halogens is 2. The summed E-state index contributed by atoms with van der Waals surface area (Å²) in [5, 5.41) is 0. The van der Waals surface area contributed by atoms with Crippen LogP contribution in [0.4, 0.5) is 0 Å². The molecule has 0 amide bonds. The van der Waals surface area contributed by atoms with E-state index in [4.69, 9.17) is 0 Å². The number of rotatable bonds is 1. The van der Waals surface area contributed by atoms with Crippen molar-refractivity contribution in [2.75, 3.05) is 6.16 Å². The standard InChI is InChI=1S/C3H9P.2BrH/c1-2-3-4;;/h2-4H2,1H3;2*1H/p-2. The van der Waals surface area contributed by atoms with E-state index in [1.165, 1.54) is 12.6 Å². The Morgan fingerprint density at radius 1 is 1.33 bits per heavy atom. The molecule has 0 radical (unpaired) electrons. The van der Waals surface area contributed by atoms with Crippen molar-refractivity contribution >= 4 is 9.24 Å². The third kappa shape index (κ3) is 18.2. The average Bonchev–Trinajstić information content (AvgIpc) is 1.37. The SMILES string of the molecule is CCCP.[Br-].[Br-]. The zero-order valence-corrected chi connectivity index (χ0v) is 8.07. The lowest BCUT2D eigenvalue weighted by atomic mass is 10.6. The molecule has 1 unspecified atom stereocenters. The van der Waals surface area contributed by atoms with Gasteiger partial charge in [0.25, 0.3) is 0 Å². The minimum Gasteiger partial charge on any atom is -1.00 e. The molecule has 0 aliphatic rings. The van der Waals surface area contributed by atoms with Gasteiger partial charge in [0.15, 0.2) is 0 Å². The first-order valence-corrected chi connectivity index (χ1v) is 2.43. The molecular weight excluding hydrogens is 227 g/mol. The monoisotopic (exact) mass is 234 g/mol. The average molecular weight is 236 g/mol. The van der Waals surface area contributed by atoms with Gasteiger partial charge in [0, 0.05) is 0 Å². The second kappa shape index (κ2) is 16.2. The summed E-state index contributed by atoms with van der Waals surface area (Å²) in [5.41, 5.74) is 0. The quantitative estimate of drug-likeness (QED) is 0.401. The molecule has 0 aromatic carbocycles. The van der Waals surface area contributed by atoms with Crippen LogP contribution in [0.25, 0.3) is 0 Å². The predicted octanol–water partition coefficient (Wildman–Crippen LogP) is -4.72. The minimum atomic E-state index is 0. The molecule has 0 spiro atoms. The van der Waals surface area contributed by atoms with Crippen LogP contribution in [0.1, 0.15) is 13.3 Å². The summed E-state index contributed by atoms with van der Waals surface area (Å²) in [6.45, 7) is 2.16. The Morgan fingerprint density at radius 2 is 1.50 bits per heavy atom. The summed E-state index contributed by atoms with van der Waals surface area (Å²) >= 11 is 0. The van der Waals surface area contributed by atoms with E-state index in [9.17, 15) is 0 Å². The Hall–Kier alpha value is 1.39. The molecule has 0 aromatic rings. The van der Waals surface area contributed by atoms with Crippen molar-refractivity contribution in [3.05, 3.63) is 0 Å². The van der Waals surface area contributed by atoms with Gasteiger partial charge in [-0.2, -0.15) is 0 Å². The highest BCUT2D eigenvalue weighted by Crippen LogP contribution is 1.80. The molecule has 0 aliphatic carbocycles. The van der Waals surface area contributed by atoms with Crippen molar-refractivity contribution in [3.63, 3.8) is 0 Å². The van der Waals surface area contributed by atoms with Gasteiger partial charge in [-0.15, -0.1) is 9.24 Å². The van der Waals surface area contributed by atoms with Gasteiger partial charge in [0.1, 0.15) is 0 Å². The Balaban J connectivity index is -0.0000000450. The second-order valence-corrected chi connectivity index (χ2v) is 1.37. The van der Waals surface area contributed by atoms with Gasteiger partial charge in [-0.25, -0.2) is 0 Å². The van der Waals surface area contributed by atoms with E-state index in [2.05, 4.69) is 16.2 Å². The highest BCUT2D eigenvalue weighted by Gasteiger charge is 1.56. The summed E-state index contributed by atoms with van der Waals surface area (Å²) in [6.07, 6.45) is 2.52. The Labute approximate surface area is 62.8 Å². The van der Waals surface area contributed by atoms with Crippen LogP contribution in [-0.2, 0) is 0 Å². The smallest absolute Gasteiger partial charge is 0.0384 e. The molecule has 0 bridgehead atoms. The molecule has 1 atom stereocenters. The molecule has 0 rings (SSSR count). The molecule has 42 valence electrons. The molecule has 0 fully saturated rings. The van der Waals surface area contributed by atoms with E-state index < -0.39 is 0 Å². The first-order valence-electron chi connectivity index (χ1n) is 1.62. The Kier molecular flexibility index (Phi) is 42.2. The van der Waals surface area contributed by atoms with E-state index in [-0.39, 0.29) is 34.0 Å². The zero-order valence-electron chi connectivity index (χ0n) is 3.75. The van der Waals surface area contributed by atoms with Crippen LogP contribution < -0.4 is 34.0 Å². The van der Waals surface area contributed by atoms with E-state index in [1.807, 2.05) is 0 Å². The predicted molar refractivity (Wildman–Crippen MR) is 24.9 cm³/mol. The Morgan fingerprint density at radius 3 is 1.50 bits per heavy atom. The molecule has 3 heteroatoms. The topological polar surface area (TPSA) is 0 Å². The van der Waals surface area contributed by atoms with E-state index >= 15 is 0 Å². The molecule has 0 saturated carbocycles. The highest BCUT2D eigenvalue weighted by atomic mass is 79.9. The summed E-state index contributed by atoms with van der Waals surface area (Å²) in [6, 6.07) is 0. The second-order valence-electron chi connectivity index (χ2n) is 0.789. The van der Waals surface area contributed by atoms with Crippen LogP contribution in [0, 0.1) is 0 Å². The molecule has 6 heavy (non-hydrogen) atoms. The maximum Gasteiger partial charge on any atom is -0.0384 e. The van der Waals surface area contributed by atoms with Gasteiger partial charge < -0.3 is 34.0 Å². The van der Waals surface area contributed by atoms with Crippen molar-refractivity contribution < 1.29 is 34.0 Å². The summed E-state index contributed by atoms with van der Waals surface area (Å²) < 4.78 is 0. The summed E-state index contributed by atoms with van der Waals surface area (Å²) in [7, 11) is 2.66. The zero-order chi connectivity index (χ0) is 3.41. The fourth-order valence-electron chi connectivity index (χ4n) is 0. The van der Waals surface area contributed by atoms with Crippen LogP contribution in [-0.4, -0.2) is 6.16 Å². The maximum atomic E-state index is 2.66. The van der Waals surface area contributed by atoms with Crippen molar-refractivity contribution in [2.24, 2.45) is 0 Å². The fourth-order valence-corrected chi connectivity index (χ4v) is 0. The van der Waals surface area contributed by atoms with Crippen molar-refractivity contribution in [2.45, 2.75) is 13.3 Å². The molecule has 0 heterocycles.